The van der Waals surface area contributed by atoms with E-state index >= 15 is 0 Å². The molecule has 0 fully saturated rings. The minimum absolute atomic E-state index is 0.234. The number of nitrogens with one attached hydrogen (secondary N) is 1. The molecular formula is C18H19N3O2. The minimum Gasteiger partial charge on any atom is -0.469 e. The van der Waals surface area contributed by atoms with Crippen LogP contribution in [0.2, 0.25) is 0 Å². The van der Waals surface area contributed by atoms with Crippen LogP contribution in [0.15, 0.2) is 59.7 Å². The van der Waals surface area contributed by atoms with E-state index in [1.165, 1.54) is 7.11 Å². The fraction of sp³-hybridized carbons (Fsp3) is 0.222. The number of hydrogen-bond acceptors (Lipinski definition) is 5. The van der Waals surface area contributed by atoms with Crippen LogP contribution in [0.5, 0.6) is 0 Å². The summed E-state index contributed by atoms with van der Waals surface area (Å²) >= 11 is 0. The zero-order valence-corrected chi connectivity index (χ0v) is 13.0. The molecule has 0 atom stereocenters. The molecule has 0 unspecified atom stereocenters. The highest BCUT2D eigenvalue weighted by molar-refractivity contribution is 6.01. The van der Waals surface area contributed by atoms with E-state index in [1.807, 2.05) is 47.6 Å². The molecule has 0 radical (unpaired) electrons. The Balaban J connectivity index is 1.62. The largest absolute Gasteiger partial charge is 0.469 e. The Morgan fingerprint density at radius 3 is 2.61 bits per heavy atom. The number of ether oxygens (including phenoxy) is 1. The van der Waals surface area contributed by atoms with Gasteiger partial charge in [-0.3, -0.25) is 10.2 Å². The molecule has 0 bridgehead atoms. The summed E-state index contributed by atoms with van der Waals surface area (Å²) in [6.07, 6.45) is 1.20. The second-order valence-electron chi connectivity index (χ2n) is 5.35. The summed E-state index contributed by atoms with van der Waals surface area (Å²) in [7, 11) is 1.40. The molecule has 5 nitrogen and oxygen atoms in total. The van der Waals surface area contributed by atoms with E-state index in [-0.39, 0.29) is 12.4 Å². The number of nitrogens with zero attached hydrogens (tertiary/aromatic N) is 2. The highest BCUT2D eigenvalue weighted by atomic mass is 16.5. The molecule has 1 N–H and O–H groups in total. The van der Waals surface area contributed by atoms with Crippen molar-refractivity contribution in [2.24, 2.45) is 5.10 Å². The first kappa shape index (κ1) is 15.1. The molecule has 1 heterocycles. The number of methoxy groups -OCH3 is 1. The number of carbonyl (C=O) groups is 1. The van der Waals surface area contributed by atoms with Crippen LogP contribution >= 0.6 is 0 Å². The summed E-state index contributed by atoms with van der Waals surface area (Å²) in [6, 6.07) is 17.9. The van der Waals surface area contributed by atoms with Crippen LogP contribution in [0.4, 0.5) is 5.69 Å². The predicted molar refractivity (Wildman–Crippen MR) is 90.1 cm³/mol. The van der Waals surface area contributed by atoms with E-state index in [4.69, 9.17) is 0 Å². The summed E-state index contributed by atoms with van der Waals surface area (Å²) < 4.78 is 4.67. The Bertz CT molecular complexity index is 696. The first-order valence-corrected chi connectivity index (χ1v) is 7.57. The summed E-state index contributed by atoms with van der Waals surface area (Å²) in [5.74, 6) is -0.234. The highest BCUT2D eigenvalue weighted by Crippen LogP contribution is 2.16. The molecule has 1 aliphatic rings. The average Bonchev–Trinajstić information content (AvgIpc) is 3.06. The monoisotopic (exact) mass is 309 g/mol. The molecular weight excluding hydrogens is 290 g/mol. The van der Waals surface area contributed by atoms with Gasteiger partial charge < -0.3 is 4.74 Å². The molecule has 118 valence electrons. The Kier molecular flexibility index (Phi) is 4.57. The molecule has 0 saturated heterocycles. The van der Waals surface area contributed by atoms with Gasteiger partial charge in [-0.1, -0.05) is 42.5 Å². The van der Waals surface area contributed by atoms with Gasteiger partial charge in [0.05, 0.1) is 31.5 Å². The zero-order chi connectivity index (χ0) is 16.1. The number of hydrogen-bond donors (Lipinski definition) is 1. The van der Waals surface area contributed by atoms with E-state index in [2.05, 4.69) is 27.4 Å². The normalized spacial score (nSPS) is 13.6. The van der Waals surface area contributed by atoms with Gasteiger partial charge in [-0.05, 0) is 23.3 Å². The molecule has 0 spiro atoms. The van der Waals surface area contributed by atoms with Crippen LogP contribution in [-0.2, 0) is 16.0 Å². The van der Waals surface area contributed by atoms with Crippen molar-refractivity contribution >= 4 is 17.4 Å². The van der Waals surface area contributed by atoms with E-state index < -0.39 is 0 Å². The SMILES string of the molecule is COC(=O)Cc1ccc(NN2CCC(c3ccccc3)=N2)cc1. The first-order valence-electron chi connectivity index (χ1n) is 7.57. The van der Waals surface area contributed by atoms with Gasteiger partial charge in [-0.25, -0.2) is 5.12 Å². The van der Waals surface area contributed by atoms with Crippen LogP contribution in [-0.4, -0.2) is 30.5 Å². The van der Waals surface area contributed by atoms with Gasteiger partial charge in [-0.15, -0.1) is 0 Å². The Hall–Kier alpha value is -2.82. The van der Waals surface area contributed by atoms with E-state index in [9.17, 15) is 4.79 Å². The maximum atomic E-state index is 11.3. The molecule has 5 heteroatoms. The quantitative estimate of drug-likeness (QED) is 0.863. The smallest absolute Gasteiger partial charge is 0.309 e. The maximum absolute atomic E-state index is 11.3. The Morgan fingerprint density at radius 2 is 1.91 bits per heavy atom. The lowest BCUT2D eigenvalue weighted by Gasteiger charge is -2.16. The van der Waals surface area contributed by atoms with Crippen LogP contribution < -0.4 is 5.43 Å². The van der Waals surface area contributed by atoms with Crippen molar-refractivity contribution in [3.63, 3.8) is 0 Å². The molecule has 3 rings (SSSR count). The van der Waals surface area contributed by atoms with Crippen LogP contribution in [0.25, 0.3) is 0 Å². The number of anilines is 1. The molecule has 1 aliphatic heterocycles. The average molecular weight is 309 g/mol. The lowest BCUT2D eigenvalue weighted by molar-refractivity contribution is -0.139. The molecule has 23 heavy (non-hydrogen) atoms. The van der Waals surface area contributed by atoms with Gasteiger partial charge in [-0.2, -0.15) is 5.10 Å². The standard InChI is InChI=1S/C18H19N3O2/c1-23-18(22)13-14-7-9-16(10-8-14)19-21-12-11-17(20-21)15-5-3-2-4-6-15/h2-10,19H,11-13H2,1H3. The van der Waals surface area contributed by atoms with Crippen LogP contribution in [0.3, 0.4) is 0 Å². The van der Waals surface area contributed by atoms with Crippen molar-refractivity contribution in [1.82, 2.24) is 5.12 Å². The molecule has 0 saturated carbocycles. The van der Waals surface area contributed by atoms with Crippen molar-refractivity contribution in [1.29, 1.82) is 0 Å². The fourth-order valence-electron chi connectivity index (χ4n) is 2.46. The van der Waals surface area contributed by atoms with E-state index in [1.54, 1.807) is 0 Å². The fourth-order valence-corrected chi connectivity index (χ4v) is 2.46. The van der Waals surface area contributed by atoms with E-state index in [0.29, 0.717) is 0 Å². The summed E-state index contributed by atoms with van der Waals surface area (Å²) in [5.41, 5.74) is 7.38. The number of hydrazine groups is 1. The molecule has 2 aromatic rings. The lowest BCUT2D eigenvalue weighted by atomic mass is 10.1. The maximum Gasteiger partial charge on any atom is 0.309 e. The molecule has 0 amide bonds. The number of hydrazone groups is 1. The summed E-state index contributed by atoms with van der Waals surface area (Å²) in [6.45, 7) is 0.828. The second-order valence-corrected chi connectivity index (χ2v) is 5.35. The topological polar surface area (TPSA) is 53.9 Å². The Labute approximate surface area is 135 Å². The van der Waals surface area contributed by atoms with Gasteiger partial charge in [0.1, 0.15) is 0 Å². The number of esters is 1. The number of rotatable bonds is 5. The third-order valence-corrected chi connectivity index (χ3v) is 3.70. The number of carbonyl (C=O) groups excluding carboxylic acids is 1. The molecule has 2 aromatic carbocycles. The van der Waals surface area contributed by atoms with Crippen molar-refractivity contribution in [3.8, 4) is 0 Å². The van der Waals surface area contributed by atoms with Gasteiger partial charge >= 0.3 is 5.97 Å². The van der Waals surface area contributed by atoms with E-state index in [0.717, 1.165) is 35.5 Å². The summed E-state index contributed by atoms with van der Waals surface area (Å²) in [4.78, 5) is 11.3. The number of benzene rings is 2. The first-order chi connectivity index (χ1) is 11.2. The summed E-state index contributed by atoms with van der Waals surface area (Å²) in [5, 5.41) is 6.45. The van der Waals surface area contributed by atoms with Crippen molar-refractivity contribution in [2.75, 3.05) is 19.1 Å². The Morgan fingerprint density at radius 1 is 1.17 bits per heavy atom. The zero-order valence-electron chi connectivity index (χ0n) is 13.0. The van der Waals surface area contributed by atoms with Gasteiger partial charge in [0.25, 0.3) is 0 Å². The van der Waals surface area contributed by atoms with Gasteiger partial charge in [0.15, 0.2) is 0 Å². The molecule has 0 aliphatic carbocycles. The van der Waals surface area contributed by atoms with Crippen molar-refractivity contribution in [2.45, 2.75) is 12.8 Å². The van der Waals surface area contributed by atoms with Gasteiger partial charge in [0.2, 0.25) is 0 Å². The van der Waals surface area contributed by atoms with Crippen molar-refractivity contribution < 1.29 is 9.53 Å². The lowest BCUT2D eigenvalue weighted by Crippen LogP contribution is -2.21. The second kappa shape index (κ2) is 6.96. The minimum atomic E-state index is -0.234. The van der Waals surface area contributed by atoms with Crippen LogP contribution in [0, 0.1) is 0 Å². The predicted octanol–water partition coefficient (Wildman–Crippen LogP) is 2.84. The van der Waals surface area contributed by atoms with Crippen molar-refractivity contribution in [3.05, 3.63) is 65.7 Å². The molecule has 0 aromatic heterocycles. The van der Waals surface area contributed by atoms with Gasteiger partial charge in [0, 0.05) is 6.42 Å². The highest BCUT2D eigenvalue weighted by Gasteiger charge is 2.15. The third kappa shape index (κ3) is 3.88. The van der Waals surface area contributed by atoms with Crippen LogP contribution in [0.1, 0.15) is 17.5 Å². The third-order valence-electron chi connectivity index (χ3n) is 3.70.